The average molecular weight is 297 g/mol. The van der Waals surface area contributed by atoms with E-state index in [0.717, 1.165) is 39.1 Å². The predicted octanol–water partition coefficient (Wildman–Crippen LogP) is 0.947. The normalized spacial score (nSPS) is 22.5. The third-order valence-corrected chi connectivity index (χ3v) is 5.15. The van der Waals surface area contributed by atoms with Crippen molar-refractivity contribution >= 4 is 5.91 Å². The van der Waals surface area contributed by atoms with E-state index in [9.17, 15) is 4.79 Å². The second-order valence-corrected chi connectivity index (χ2v) is 6.71. The smallest absolute Gasteiger partial charge is 0.236 e. The van der Waals surface area contributed by atoms with Gasteiger partial charge in [0.05, 0.1) is 13.2 Å². The van der Waals surface area contributed by atoms with Crippen LogP contribution in [0.3, 0.4) is 0 Å². The summed E-state index contributed by atoms with van der Waals surface area (Å²) < 4.78 is 5.06. The van der Waals surface area contributed by atoms with Gasteiger partial charge in [-0.1, -0.05) is 0 Å². The van der Waals surface area contributed by atoms with Gasteiger partial charge in [-0.25, -0.2) is 0 Å². The van der Waals surface area contributed by atoms with Gasteiger partial charge in [0.15, 0.2) is 0 Å². The van der Waals surface area contributed by atoms with E-state index >= 15 is 0 Å². The number of methoxy groups -OCH3 is 1. The molecule has 0 aromatic carbocycles. The molecule has 2 fully saturated rings. The molecule has 0 aromatic heterocycles. The van der Waals surface area contributed by atoms with Gasteiger partial charge in [0.25, 0.3) is 0 Å². The van der Waals surface area contributed by atoms with Gasteiger partial charge < -0.3 is 15.0 Å². The molecule has 1 spiro atoms. The number of hydrogen-bond donors (Lipinski definition) is 1. The number of piperidine rings is 1. The molecule has 0 bridgehead atoms. The Morgan fingerprint density at radius 2 is 2.00 bits per heavy atom. The Bertz CT molecular complexity index is 329. The molecule has 1 N–H and O–H groups in total. The van der Waals surface area contributed by atoms with Crippen LogP contribution in [0, 0.1) is 5.41 Å². The van der Waals surface area contributed by atoms with Crippen LogP contribution in [0.5, 0.6) is 0 Å². The third kappa shape index (κ3) is 4.94. The average Bonchev–Trinajstić information content (AvgIpc) is 2.69. The van der Waals surface area contributed by atoms with Gasteiger partial charge in [-0.2, -0.15) is 0 Å². The minimum absolute atomic E-state index is 0.277. The maximum atomic E-state index is 12.4. The number of likely N-dealkylation sites (tertiary alicyclic amines) is 1. The van der Waals surface area contributed by atoms with Crippen LogP contribution < -0.4 is 5.32 Å². The molecule has 0 saturated carbocycles. The first-order valence-electron chi connectivity index (χ1n) is 8.31. The van der Waals surface area contributed by atoms with Crippen LogP contribution in [0.15, 0.2) is 0 Å². The van der Waals surface area contributed by atoms with Crippen LogP contribution in [0.25, 0.3) is 0 Å². The highest BCUT2D eigenvalue weighted by molar-refractivity contribution is 5.78. The molecule has 0 atom stereocenters. The van der Waals surface area contributed by atoms with Gasteiger partial charge in [0.2, 0.25) is 5.91 Å². The summed E-state index contributed by atoms with van der Waals surface area (Å²) in [5, 5.41) is 3.46. The van der Waals surface area contributed by atoms with E-state index < -0.39 is 0 Å². The number of carbonyl (C=O) groups is 1. The van der Waals surface area contributed by atoms with Crippen molar-refractivity contribution in [3.05, 3.63) is 0 Å². The first kappa shape index (κ1) is 16.7. The number of amides is 1. The zero-order valence-electron chi connectivity index (χ0n) is 13.7. The van der Waals surface area contributed by atoms with Crippen molar-refractivity contribution in [2.45, 2.75) is 32.1 Å². The van der Waals surface area contributed by atoms with Crippen LogP contribution in [0.2, 0.25) is 0 Å². The SMILES string of the molecule is COCCN(C)CC(=O)N1CCCC2(CCNCC2)CC1. The first-order valence-corrected chi connectivity index (χ1v) is 8.31. The van der Waals surface area contributed by atoms with Crippen molar-refractivity contribution in [3.63, 3.8) is 0 Å². The van der Waals surface area contributed by atoms with E-state index in [2.05, 4.69) is 15.1 Å². The fourth-order valence-corrected chi connectivity index (χ4v) is 3.62. The van der Waals surface area contributed by atoms with Crippen molar-refractivity contribution in [2.75, 3.05) is 60.0 Å². The molecule has 0 aromatic rings. The van der Waals surface area contributed by atoms with Gasteiger partial charge in [0.1, 0.15) is 0 Å². The molecule has 1 amide bonds. The summed E-state index contributed by atoms with van der Waals surface area (Å²) in [4.78, 5) is 16.6. The number of nitrogens with one attached hydrogen (secondary N) is 1. The van der Waals surface area contributed by atoms with Gasteiger partial charge >= 0.3 is 0 Å². The molecule has 0 unspecified atom stereocenters. The molecule has 5 heteroatoms. The first-order chi connectivity index (χ1) is 10.2. The van der Waals surface area contributed by atoms with Crippen molar-refractivity contribution in [3.8, 4) is 0 Å². The zero-order valence-corrected chi connectivity index (χ0v) is 13.7. The van der Waals surface area contributed by atoms with Crippen LogP contribution in [0.1, 0.15) is 32.1 Å². The van der Waals surface area contributed by atoms with Crippen molar-refractivity contribution in [2.24, 2.45) is 5.41 Å². The standard InChI is InChI=1S/C16H31N3O2/c1-18(12-13-21-2)14-15(20)19-10-3-4-16(7-11-19)5-8-17-9-6-16/h17H,3-14H2,1-2H3. The van der Waals surface area contributed by atoms with Gasteiger partial charge in [-0.15, -0.1) is 0 Å². The predicted molar refractivity (Wildman–Crippen MR) is 84.3 cm³/mol. The lowest BCUT2D eigenvalue weighted by atomic mass is 9.73. The lowest BCUT2D eigenvalue weighted by Crippen LogP contribution is -2.41. The zero-order chi connectivity index (χ0) is 15.1. The Hall–Kier alpha value is -0.650. The van der Waals surface area contributed by atoms with E-state index in [1.165, 1.54) is 25.7 Å². The summed E-state index contributed by atoms with van der Waals surface area (Å²) in [6.07, 6.45) is 6.19. The molecule has 2 heterocycles. The maximum absolute atomic E-state index is 12.4. The van der Waals surface area contributed by atoms with E-state index in [0.29, 0.717) is 18.6 Å². The number of rotatable bonds is 5. The fraction of sp³-hybridized carbons (Fsp3) is 0.938. The molecular weight excluding hydrogens is 266 g/mol. The summed E-state index contributed by atoms with van der Waals surface area (Å²) in [6.45, 7) is 6.17. The molecule has 5 nitrogen and oxygen atoms in total. The van der Waals surface area contributed by atoms with Gasteiger partial charge in [-0.3, -0.25) is 9.69 Å². The van der Waals surface area contributed by atoms with Crippen LogP contribution in [-0.2, 0) is 9.53 Å². The Kier molecular flexibility index (Phi) is 6.45. The molecule has 2 saturated heterocycles. The van der Waals surface area contributed by atoms with E-state index in [4.69, 9.17) is 4.74 Å². The minimum atomic E-state index is 0.277. The highest BCUT2D eigenvalue weighted by Gasteiger charge is 2.34. The van der Waals surface area contributed by atoms with E-state index in [1.54, 1.807) is 7.11 Å². The number of ether oxygens (including phenoxy) is 1. The monoisotopic (exact) mass is 297 g/mol. The molecule has 0 aliphatic carbocycles. The molecular formula is C16H31N3O2. The number of nitrogens with zero attached hydrogens (tertiary/aromatic N) is 2. The Labute approximate surface area is 129 Å². The molecule has 2 aliphatic heterocycles. The Morgan fingerprint density at radius 1 is 1.24 bits per heavy atom. The van der Waals surface area contributed by atoms with Crippen LogP contribution in [-0.4, -0.2) is 75.7 Å². The van der Waals surface area contributed by atoms with Gasteiger partial charge in [0, 0.05) is 26.7 Å². The lowest BCUT2D eigenvalue weighted by molar-refractivity contribution is -0.132. The third-order valence-electron chi connectivity index (χ3n) is 5.15. The lowest BCUT2D eigenvalue weighted by Gasteiger charge is -2.37. The quantitative estimate of drug-likeness (QED) is 0.820. The van der Waals surface area contributed by atoms with Crippen LogP contribution >= 0.6 is 0 Å². The summed E-state index contributed by atoms with van der Waals surface area (Å²) in [5.41, 5.74) is 0.502. The highest BCUT2D eigenvalue weighted by Crippen LogP contribution is 2.39. The van der Waals surface area contributed by atoms with Crippen molar-refractivity contribution in [1.29, 1.82) is 0 Å². The minimum Gasteiger partial charge on any atom is -0.383 e. The maximum Gasteiger partial charge on any atom is 0.236 e. The van der Waals surface area contributed by atoms with Crippen molar-refractivity contribution < 1.29 is 9.53 Å². The summed E-state index contributed by atoms with van der Waals surface area (Å²) in [5.74, 6) is 0.277. The molecule has 0 radical (unpaired) electrons. The number of hydrogen-bond acceptors (Lipinski definition) is 4. The van der Waals surface area contributed by atoms with Gasteiger partial charge in [-0.05, 0) is 57.7 Å². The van der Waals surface area contributed by atoms with Crippen molar-refractivity contribution in [1.82, 2.24) is 15.1 Å². The molecule has 21 heavy (non-hydrogen) atoms. The second kappa shape index (κ2) is 8.11. The topological polar surface area (TPSA) is 44.8 Å². The fourth-order valence-electron chi connectivity index (χ4n) is 3.62. The van der Waals surface area contributed by atoms with Crippen LogP contribution in [0.4, 0.5) is 0 Å². The summed E-state index contributed by atoms with van der Waals surface area (Å²) >= 11 is 0. The number of likely N-dealkylation sites (N-methyl/N-ethyl adjacent to an activating group) is 1. The van der Waals surface area contributed by atoms with E-state index in [1.807, 2.05) is 7.05 Å². The Balaban J connectivity index is 1.80. The highest BCUT2D eigenvalue weighted by atomic mass is 16.5. The number of carbonyl (C=O) groups excluding carboxylic acids is 1. The Morgan fingerprint density at radius 3 is 2.71 bits per heavy atom. The molecule has 2 rings (SSSR count). The molecule has 122 valence electrons. The second-order valence-electron chi connectivity index (χ2n) is 6.71. The summed E-state index contributed by atoms with van der Waals surface area (Å²) in [7, 11) is 3.69. The summed E-state index contributed by atoms with van der Waals surface area (Å²) in [6, 6.07) is 0. The largest absolute Gasteiger partial charge is 0.383 e. The van der Waals surface area contributed by atoms with E-state index in [-0.39, 0.29) is 5.91 Å². The molecule has 2 aliphatic rings.